The maximum absolute atomic E-state index is 11.9. The molecule has 0 radical (unpaired) electrons. The van der Waals surface area contributed by atoms with Crippen molar-refractivity contribution >= 4 is 23.4 Å². The molecule has 0 saturated heterocycles. The molecule has 1 aromatic carbocycles. The second-order valence-corrected chi connectivity index (χ2v) is 6.36. The van der Waals surface area contributed by atoms with E-state index in [-0.39, 0.29) is 5.91 Å². The number of nitrogens with zero attached hydrogens (tertiary/aromatic N) is 2. The zero-order chi connectivity index (χ0) is 14.8. The van der Waals surface area contributed by atoms with Crippen LogP contribution in [-0.4, -0.2) is 26.8 Å². The smallest absolute Gasteiger partial charge is 0.234 e. The predicted molar refractivity (Wildman–Crippen MR) is 83.6 cm³/mol. The zero-order valence-corrected chi connectivity index (χ0v) is 13.0. The SMILES string of the molecule is Cc1ccc(NC(=O)CSc2n[nH]c(C3CC3)n2)cc1C. The summed E-state index contributed by atoms with van der Waals surface area (Å²) in [6, 6.07) is 5.91. The van der Waals surface area contributed by atoms with Crippen molar-refractivity contribution in [3.63, 3.8) is 0 Å². The molecule has 1 aromatic heterocycles. The van der Waals surface area contributed by atoms with E-state index in [9.17, 15) is 4.79 Å². The van der Waals surface area contributed by atoms with Gasteiger partial charge in [-0.2, -0.15) is 0 Å². The fraction of sp³-hybridized carbons (Fsp3) is 0.400. The van der Waals surface area contributed by atoms with Crippen LogP contribution in [0.25, 0.3) is 0 Å². The molecule has 6 heteroatoms. The highest BCUT2D eigenvalue weighted by Gasteiger charge is 2.27. The van der Waals surface area contributed by atoms with Gasteiger partial charge in [0.2, 0.25) is 11.1 Å². The molecule has 1 amide bonds. The Kier molecular flexibility index (Phi) is 3.96. The third-order valence-corrected chi connectivity index (χ3v) is 4.42. The van der Waals surface area contributed by atoms with Crippen molar-refractivity contribution in [2.24, 2.45) is 0 Å². The molecular weight excluding hydrogens is 284 g/mol. The van der Waals surface area contributed by atoms with Crippen LogP contribution in [-0.2, 0) is 4.79 Å². The number of benzene rings is 1. The molecular formula is C15H18N4OS. The lowest BCUT2D eigenvalue weighted by atomic mass is 10.1. The number of carbonyl (C=O) groups excluding carboxylic acids is 1. The minimum Gasteiger partial charge on any atom is -0.325 e. The molecule has 1 saturated carbocycles. The minimum absolute atomic E-state index is 0.0407. The number of hydrogen-bond acceptors (Lipinski definition) is 4. The molecule has 110 valence electrons. The van der Waals surface area contributed by atoms with Crippen molar-refractivity contribution in [2.45, 2.75) is 37.8 Å². The number of anilines is 1. The lowest BCUT2D eigenvalue weighted by molar-refractivity contribution is -0.113. The lowest BCUT2D eigenvalue weighted by Crippen LogP contribution is -2.14. The molecule has 0 atom stereocenters. The van der Waals surface area contributed by atoms with Gasteiger partial charge >= 0.3 is 0 Å². The van der Waals surface area contributed by atoms with E-state index < -0.39 is 0 Å². The molecule has 0 aliphatic heterocycles. The number of carbonyl (C=O) groups is 1. The number of aromatic nitrogens is 3. The molecule has 1 heterocycles. The van der Waals surface area contributed by atoms with Gasteiger partial charge < -0.3 is 5.32 Å². The van der Waals surface area contributed by atoms with Crippen molar-refractivity contribution in [1.82, 2.24) is 15.2 Å². The maximum atomic E-state index is 11.9. The minimum atomic E-state index is -0.0407. The third-order valence-electron chi connectivity index (χ3n) is 3.57. The van der Waals surface area contributed by atoms with Crippen LogP contribution in [0.2, 0.25) is 0 Å². The summed E-state index contributed by atoms with van der Waals surface area (Å²) in [5.41, 5.74) is 3.22. The van der Waals surface area contributed by atoms with Crippen LogP contribution >= 0.6 is 11.8 Å². The van der Waals surface area contributed by atoms with E-state index in [0.29, 0.717) is 16.8 Å². The Labute approximate surface area is 127 Å². The van der Waals surface area contributed by atoms with Crippen LogP contribution < -0.4 is 5.32 Å². The first-order valence-electron chi connectivity index (χ1n) is 7.04. The average molecular weight is 302 g/mol. The van der Waals surface area contributed by atoms with Gasteiger partial charge in [-0.25, -0.2) is 4.98 Å². The predicted octanol–water partition coefficient (Wildman–Crippen LogP) is 3.03. The van der Waals surface area contributed by atoms with Gasteiger partial charge in [-0.1, -0.05) is 17.8 Å². The van der Waals surface area contributed by atoms with E-state index in [1.54, 1.807) is 0 Å². The van der Waals surface area contributed by atoms with Gasteiger partial charge in [0.1, 0.15) is 5.82 Å². The largest absolute Gasteiger partial charge is 0.325 e. The normalized spacial score (nSPS) is 14.2. The number of thioether (sulfide) groups is 1. The van der Waals surface area contributed by atoms with Gasteiger partial charge in [-0.05, 0) is 49.9 Å². The van der Waals surface area contributed by atoms with Crippen molar-refractivity contribution < 1.29 is 4.79 Å². The molecule has 21 heavy (non-hydrogen) atoms. The van der Waals surface area contributed by atoms with Gasteiger partial charge in [-0.15, -0.1) is 5.10 Å². The number of rotatable bonds is 5. The number of aryl methyl sites for hydroxylation is 2. The monoisotopic (exact) mass is 302 g/mol. The van der Waals surface area contributed by atoms with Crippen LogP contribution in [0.4, 0.5) is 5.69 Å². The van der Waals surface area contributed by atoms with Gasteiger partial charge in [0.15, 0.2) is 0 Å². The van der Waals surface area contributed by atoms with Crippen molar-refractivity contribution in [2.75, 3.05) is 11.1 Å². The molecule has 5 nitrogen and oxygen atoms in total. The highest BCUT2D eigenvalue weighted by Crippen LogP contribution is 2.38. The summed E-state index contributed by atoms with van der Waals surface area (Å²) in [5, 5.41) is 10.6. The second-order valence-electron chi connectivity index (χ2n) is 5.41. The van der Waals surface area contributed by atoms with Crippen molar-refractivity contribution in [3.8, 4) is 0 Å². The van der Waals surface area contributed by atoms with E-state index in [4.69, 9.17) is 0 Å². The van der Waals surface area contributed by atoms with E-state index >= 15 is 0 Å². The number of H-pyrrole nitrogens is 1. The highest BCUT2D eigenvalue weighted by molar-refractivity contribution is 7.99. The Hall–Kier alpha value is -1.82. The van der Waals surface area contributed by atoms with Gasteiger partial charge in [-0.3, -0.25) is 9.89 Å². The Bertz CT molecular complexity index is 663. The van der Waals surface area contributed by atoms with Gasteiger partial charge in [0, 0.05) is 11.6 Å². The van der Waals surface area contributed by atoms with Crippen LogP contribution in [0.15, 0.2) is 23.4 Å². The Morgan fingerprint density at radius 2 is 2.19 bits per heavy atom. The summed E-state index contributed by atoms with van der Waals surface area (Å²) >= 11 is 1.36. The average Bonchev–Trinajstić information content (AvgIpc) is 3.20. The van der Waals surface area contributed by atoms with E-state index in [1.165, 1.54) is 35.7 Å². The quantitative estimate of drug-likeness (QED) is 0.833. The molecule has 3 rings (SSSR count). The first-order chi connectivity index (χ1) is 10.1. The summed E-state index contributed by atoms with van der Waals surface area (Å²) in [6.07, 6.45) is 2.37. The zero-order valence-electron chi connectivity index (χ0n) is 12.1. The number of aromatic amines is 1. The van der Waals surface area contributed by atoms with Gasteiger partial charge in [0.25, 0.3) is 0 Å². The Balaban J connectivity index is 1.52. The van der Waals surface area contributed by atoms with E-state index in [1.807, 2.05) is 25.1 Å². The fourth-order valence-electron chi connectivity index (χ4n) is 2.01. The van der Waals surface area contributed by atoms with Crippen molar-refractivity contribution in [3.05, 3.63) is 35.2 Å². The molecule has 0 unspecified atom stereocenters. The molecule has 1 aliphatic carbocycles. The number of nitrogens with one attached hydrogen (secondary N) is 2. The molecule has 2 aromatic rings. The first kappa shape index (κ1) is 14.1. The summed E-state index contributed by atoms with van der Waals surface area (Å²) in [5.74, 6) is 1.78. The Morgan fingerprint density at radius 3 is 2.90 bits per heavy atom. The summed E-state index contributed by atoms with van der Waals surface area (Å²) in [7, 11) is 0. The summed E-state index contributed by atoms with van der Waals surface area (Å²) in [6.45, 7) is 4.09. The fourth-order valence-corrected chi connectivity index (χ4v) is 2.61. The number of hydrogen-bond donors (Lipinski definition) is 2. The maximum Gasteiger partial charge on any atom is 0.234 e. The topological polar surface area (TPSA) is 70.7 Å². The molecule has 1 aliphatic rings. The first-order valence-corrected chi connectivity index (χ1v) is 8.02. The standard InChI is InChI=1S/C15H18N4OS/c1-9-3-6-12(7-10(9)2)16-13(20)8-21-15-17-14(18-19-15)11-4-5-11/h3,6-7,11H,4-5,8H2,1-2H3,(H,16,20)(H,17,18,19). The van der Waals surface area contributed by atoms with Crippen LogP contribution in [0.3, 0.4) is 0 Å². The molecule has 0 bridgehead atoms. The van der Waals surface area contributed by atoms with Crippen LogP contribution in [0.5, 0.6) is 0 Å². The molecule has 1 fully saturated rings. The Morgan fingerprint density at radius 1 is 1.38 bits per heavy atom. The lowest BCUT2D eigenvalue weighted by Gasteiger charge is -2.06. The summed E-state index contributed by atoms with van der Waals surface area (Å²) in [4.78, 5) is 16.3. The van der Waals surface area contributed by atoms with Crippen molar-refractivity contribution in [1.29, 1.82) is 0 Å². The third kappa shape index (κ3) is 3.64. The van der Waals surface area contributed by atoms with Crippen LogP contribution in [0.1, 0.15) is 35.7 Å². The highest BCUT2D eigenvalue weighted by atomic mass is 32.2. The van der Waals surface area contributed by atoms with E-state index in [0.717, 1.165) is 11.5 Å². The second kappa shape index (κ2) is 5.89. The van der Waals surface area contributed by atoms with Gasteiger partial charge in [0.05, 0.1) is 5.75 Å². The van der Waals surface area contributed by atoms with E-state index in [2.05, 4.69) is 27.4 Å². The molecule has 0 spiro atoms. The molecule has 2 N–H and O–H groups in total. The van der Waals surface area contributed by atoms with Crippen LogP contribution in [0, 0.1) is 13.8 Å². The summed E-state index contributed by atoms with van der Waals surface area (Å²) < 4.78 is 0. The number of amides is 1.